The molecule has 0 aromatic carbocycles. The van der Waals surface area contributed by atoms with Gasteiger partial charge >= 0.3 is 18.3 Å². The molecule has 18 nitrogen and oxygen atoms in total. The molecule has 6 unspecified atom stereocenters. The van der Waals surface area contributed by atoms with Crippen LogP contribution in [0.25, 0.3) is 0 Å². The van der Waals surface area contributed by atoms with E-state index in [2.05, 4.69) is 53.3 Å². The van der Waals surface area contributed by atoms with Gasteiger partial charge in [-0.2, -0.15) is 0 Å². The molecule has 12 fully saturated rings. The van der Waals surface area contributed by atoms with Crippen molar-refractivity contribution in [3.8, 4) is 24.2 Å². The molecule has 0 radical (unpaired) electrons. The number of carbonyl (C=O) groups excluding carboxylic acids is 6. The van der Waals surface area contributed by atoms with Crippen molar-refractivity contribution in [2.24, 2.45) is 16.2 Å². The summed E-state index contributed by atoms with van der Waals surface area (Å²) in [5.74, 6) is 8.63. The lowest BCUT2D eigenvalue weighted by molar-refractivity contribution is -0.120. The van der Waals surface area contributed by atoms with Crippen LogP contribution in [-0.2, 0) is 28.6 Å². The quantitative estimate of drug-likeness (QED) is 0.208. The Morgan fingerprint density at radius 3 is 1.04 bits per heavy atom. The number of terminal acetylenes is 1. The summed E-state index contributed by atoms with van der Waals surface area (Å²) in [4.78, 5) is 86.1. The first kappa shape index (κ1) is 56.5. The Morgan fingerprint density at radius 1 is 0.487 bits per heavy atom. The molecule has 18 heteroatoms. The lowest BCUT2D eigenvalue weighted by Gasteiger charge is -2.52. The van der Waals surface area contributed by atoms with E-state index >= 15 is 0 Å². The van der Waals surface area contributed by atoms with Gasteiger partial charge in [0.2, 0.25) is 17.7 Å². The van der Waals surface area contributed by atoms with Crippen molar-refractivity contribution in [1.82, 2.24) is 45.3 Å². The number of nitrogens with zero attached hydrogens (tertiary/aromatic N) is 6. The minimum atomic E-state index is -0.232. The topological polar surface area (TPSA) is 186 Å². The molecule has 12 rings (SSSR count). The summed E-state index contributed by atoms with van der Waals surface area (Å²) < 4.78 is 15.9. The number of rotatable bonds is 6. The highest BCUT2D eigenvalue weighted by Crippen LogP contribution is 2.45. The van der Waals surface area contributed by atoms with Crippen LogP contribution >= 0.6 is 0 Å². The minimum Gasteiger partial charge on any atom is -0.450 e. The summed E-state index contributed by atoms with van der Waals surface area (Å²) in [5.41, 5.74) is 0.618. The number of fused-ring (bicyclic) bond motifs is 6. The van der Waals surface area contributed by atoms with Crippen LogP contribution in [0.1, 0.15) is 168 Å². The number of ether oxygens (including phenoxy) is 3. The van der Waals surface area contributed by atoms with Gasteiger partial charge in [-0.15, -0.1) is 12.3 Å². The number of likely N-dealkylation sites (tertiary alicyclic amines) is 3. The van der Waals surface area contributed by atoms with Gasteiger partial charge in [-0.3, -0.25) is 14.4 Å². The molecule has 0 saturated carbocycles. The van der Waals surface area contributed by atoms with Crippen LogP contribution < -0.4 is 16.0 Å². The van der Waals surface area contributed by atoms with Gasteiger partial charge in [-0.1, -0.05) is 11.8 Å². The number of carbonyl (C=O) groups is 6. The molecule has 78 heavy (non-hydrogen) atoms. The molecule has 12 heterocycles. The van der Waals surface area contributed by atoms with Gasteiger partial charge in [0, 0.05) is 93.3 Å². The Morgan fingerprint density at radius 2 is 0.782 bits per heavy atom. The molecule has 0 aliphatic carbocycles. The summed E-state index contributed by atoms with van der Waals surface area (Å²) in [5, 5.41) is 9.05. The van der Waals surface area contributed by atoms with Gasteiger partial charge in [0.1, 0.15) is 0 Å². The Hall–Kier alpha value is -4.78. The summed E-state index contributed by atoms with van der Waals surface area (Å²) in [6, 6.07) is 3.55. The molecule has 6 atom stereocenters. The first-order valence-corrected chi connectivity index (χ1v) is 30.5. The van der Waals surface area contributed by atoms with E-state index in [-0.39, 0.29) is 77.5 Å². The zero-order chi connectivity index (χ0) is 54.4. The van der Waals surface area contributed by atoms with E-state index in [9.17, 15) is 28.8 Å². The number of nitrogens with one attached hydrogen (secondary N) is 3. The first-order chi connectivity index (χ1) is 37.8. The third kappa shape index (κ3) is 12.7. The van der Waals surface area contributed by atoms with Crippen LogP contribution in [0.4, 0.5) is 14.4 Å². The van der Waals surface area contributed by atoms with Crippen molar-refractivity contribution in [1.29, 1.82) is 0 Å². The molecule has 12 aliphatic heterocycles. The second-order valence-electron chi connectivity index (χ2n) is 25.7. The molecule has 6 amide bonds. The van der Waals surface area contributed by atoms with Gasteiger partial charge in [0.25, 0.3) is 0 Å². The molecule has 3 N–H and O–H groups in total. The largest absolute Gasteiger partial charge is 0.450 e. The summed E-state index contributed by atoms with van der Waals surface area (Å²) in [6.07, 6.45) is 30.0. The number of hydrogen-bond acceptors (Lipinski definition) is 12. The molecule has 0 aromatic heterocycles. The van der Waals surface area contributed by atoms with Crippen LogP contribution in [0.2, 0.25) is 0 Å². The summed E-state index contributed by atoms with van der Waals surface area (Å²) in [6.45, 7) is 13.4. The van der Waals surface area contributed by atoms with Crippen LogP contribution in [-0.4, -0.2) is 199 Å². The van der Waals surface area contributed by atoms with Crippen molar-refractivity contribution in [2.45, 2.75) is 222 Å². The maximum atomic E-state index is 12.6. The van der Waals surface area contributed by atoms with E-state index < -0.39 is 0 Å². The predicted octanol–water partition coefficient (Wildman–Crippen LogP) is 6.01. The number of hydrogen-bond donors (Lipinski definition) is 3. The fourth-order valence-corrected chi connectivity index (χ4v) is 16.9. The van der Waals surface area contributed by atoms with Gasteiger partial charge in [-0.05, 0) is 204 Å². The van der Waals surface area contributed by atoms with Crippen LogP contribution in [0.15, 0.2) is 0 Å². The lowest BCUT2D eigenvalue weighted by Crippen LogP contribution is -2.60. The Labute approximate surface area is 464 Å². The van der Waals surface area contributed by atoms with Crippen LogP contribution in [0.5, 0.6) is 0 Å². The van der Waals surface area contributed by atoms with Crippen molar-refractivity contribution < 1.29 is 43.0 Å². The minimum absolute atomic E-state index is 0.0547. The molecular formula is C60H91N9O9. The SMILES string of the molecule is C#CCOC(=O)N1C2CCCC1CC(N1CCC3(CC1)CNC(=O)C3)C2.CC#CCOC(=O)N1C2CCCC1CC(N1CCC3(CC1)CNC(=O)C3)C2.CCOC(=O)N1C2CCCC1CC(N1CCC3(CC1)CNC(=O)C3)C2. The Balaban J connectivity index is 0.000000132. The number of amides is 6. The predicted molar refractivity (Wildman–Crippen MR) is 293 cm³/mol. The first-order valence-electron chi connectivity index (χ1n) is 30.5. The Bertz CT molecular complexity index is 2230. The maximum Gasteiger partial charge on any atom is 0.411 e. The number of piperidine rings is 9. The average Bonchev–Trinajstić information content (AvgIpc) is 4.24. The third-order valence-electron chi connectivity index (χ3n) is 21.2. The molecule has 3 spiro atoms. The zero-order valence-corrected chi connectivity index (χ0v) is 47.1. The van der Waals surface area contributed by atoms with Crippen LogP contribution in [0, 0.1) is 40.4 Å². The van der Waals surface area contributed by atoms with Gasteiger partial charge in [0.05, 0.1) is 6.61 Å². The van der Waals surface area contributed by atoms with Gasteiger partial charge in [0.15, 0.2) is 13.2 Å². The molecular weight excluding hydrogens is 991 g/mol. The molecule has 0 aromatic rings. The monoisotopic (exact) mass is 1080 g/mol. The van der Waals surface area contributed by atoms with Crippen molar-refractivity contribution >= 4 is 36.0 Å². The van der Waals surface area contributed by atoms with E-state index in [4.69, 9.17) is 20.6 Å². The van der Waals surface area contributed by atoms with E-state index in [0.29, 0.717) is 68.2 Å². The average molecular weight is 1080 g/mol. The normalized spacial score (nSPS) is 33.6. The highest BCUT2D eigenvalue weighted by molar-refractivity contribution is 5.80. The second-order valence-corrected chi connectivity index (χ2v) is 25.7. The molecule has 12 aliphatic rings. The van der Waals surface area contributed by atoms with Gasteiger partial charge in [-0.25, -0.2) is 14.4 Å². The molecule has 6 bridgehead atoms. The summed E-state index contributed by atoms with van der Waals surface area (Å²) in [7, 11) is 0. The third-order valence-corrected chi connectivity index (χ3v) is 21.2. The highest BCUT2D eigenvalue weighted by atomic mass is 16.6. The van der Waals surface area contributed by atoms with Crippen LogP contribution in [0.3, 0.4) is 0 Å². The standard InChI is InChI=1S/C21H31N3O3.C20H29N3O3.C19H31N3O3/c1-2-3-11-27-20(26)24-16-5-4-6-17(24)13-18(12-16)23-9-7-21(8-10-23)14-19(25)22-15-21;1-2-10-26-19(25)23-15-4-3-5-16(23)12-17(11-15)22-8-6-20(7-9-22)13-18(24)21-14-20;1-2-25-18(24)22-14-4-3-5-15(22)11-16(10-14)21-8-6-19(7-9-21)12-17(23)20-13-19/h16-18H,4-15H2,1H3,(H,22,25);1,15-17H,3-14H2,(H,21,24);14-16H,2-13H2,1H3,(H,20,23). The fraction of sp³-hybridized carbons (Fsp3) is 0.833. The highest BCUT2D eigenvalue weighted by Gasteiger charge is 2.50. The Kier molecular flexibility index (Phi) is 18.1. The molecule has 430 valence electrons. The summed E-state index contributed by atoms with van der Waals surface area (Å²) >= 11 is 0. The fourth-order valence-electron chi connectivity index (χ4n) is 16.9. The lowest BCUT2D eigenvalue weighted by atomic mass is 9.75. The van der Waals surface area contributed by atoms with E-state index in [0.717, 1.165) is 174 Å². The van der Waals surface area contributed by atoms with E-state index in [1.165, 1.54) is 19.3 Å². The van der Waals surface area contributed by atoms with Crippen molar-refractivity contribution in [2.75, 3.05) is 78.7 Å². The van der Waals surface area contributed by atoms with Crippen molar-refractivity contribution in [3.05, 3.63) is 0 Å². The van der Waals surface area contributed by atoms with Crippen molar-refractivity contribution in [3.63, 3.8) is 0 Å². The second kappa shape index (κ2) is 24.9. The molecule has 12 saturated heterocycles. The smallest absolute Gasteiger partial charge is 0.411 e. The van der Waals surface area contributed by atoms with Gasteiger partial charge < -0.3 is 59.6 Å². The maximum absolute atomic E-state index is 12.6. The van der Waals surface area contributed by atoms with E-state index in [1.54, 1.807) is 6.92 Å². The van der Waals surface area contributed by atoms with E-state index in [1.807, 2.05) is 16.7 Å². The zero-order valence-electron chi connectivity index (χ0n) is 47.1.